The van der Waals surface area contributed by atoms with Gasteiger partial charge in [-0.15, -0.1) is 0 Å². The fourth-order valence-corrected chi connectivity index (χ4v) is 12.2. The summed E-state index contributed by atoms with van der Waals surface area (Å²) in [5.41, 5.74) is -0.530. The zero-order chi connectivity index (χ0) is 24.5. The largest absolute Gasteiger partial charge is 0.459 e. The minimum atomic E-state index is -0.340. The van der Waals surface area contributed by atoms with Crippen LogP contribution in [-0.4, -0.2) is 34.5 Å². The Morgan fingerprint density at radius 3 is 2.26 bits per heavy atom. The van der Waals surface area contributed by atoms with Gasteiger partial charge in [0.15, 0.2) is 0 Å². The predicted octanol–water partition coefficient (Wildman–Crippen LogP) is 5.74. The Morgan fingerprint density at radius 1 is 0.882 bits per heavy atom. The Morgan fingerprint density at radius 2 is 1.59 bits per heavy atom. The van der Waals surface area contributed by atoms with E-state index in [2.05, 4.69) is 41.5 Å². The molecule has 192 valence electrons. The number of aliphatic hydroxyl groups is 2. The standard InChI is InChI=1S/C30H48O4/c1-18-23-19-7-8-21-26(4)11-10-22(32)25(2,3)20(26)9-12-27(21,5)30(19,17-31)16-15-29(23)14-13-28(18,6)34-24(29)33/h18-23,31-32H,7-17H2,1-6H3/t18-,19+,20?,21+,22+,23?,26-,27+,28-,29-,30-/m0/s1. The third-order valence-corrected chi connectivity index (χ3v) is 14.3. The molecule has 2 bridgehead atoms. The van der Waals surface area contributed by atoms with E-state index in [-0.39, 0.29) is 51.4 Å². The van der Waals surface area contributed by atoms with Gasteiger partial charge >= 0.3 is 5.97 Å². The second-order valence-electron chi connectivity index (χ2n) is 15.1. The maximum Gasteiger partial charge on any atom is 0.312 e. The number of esters is 1. The van der Waals surface area contributed by atoms with Gasteiger partial charge in [-0.2, -0.15) is 0 Å². The van der Waals surface area contributed by atoms with Crippen molar-refractivity contribution >= 4 is 5.97 Å². The fraction of sp³-hybridized carbons (Fsp3) is 0.967. The Balaban J connectivity index is 1.44. The van der Waals surface area contributed by atoms with Gasteiger partial charge in [0.25, 0.3) is 0 Å². The van der Waals surface area contributed by atoms with Gasteiger partial charge in [0.1, 0.15) is 5.60 Å². The van der Waals surface area contributed by atoms with Crippen molar-refractivity contribution in [3.05, 3.63) is 0 Å². The summed E-state index contributed by atoms with van der Waals surface area (Å²) < 4.78 is 6.12. The summed E-state index contributed by atoms with van der Waals surface area (Å²) in [4.78, 5) is 13.4. The Kier molecular flexibility index (Phi) is 4.77. The summed E-state index contributed by atoms with van der Waals surface area (Å²) in [7, 11) is 0. The average molecular weight is 473 g/mol. The summed E-state index contributed by atoms with van der Waals surface area (Å²) in [5.74, 6) is 2.26. The van der Waals surface area contributed by atoms with E-state index in [9.17, 15) is 15.0 Å². The highest BCUT2D eigenvalue weighted by atomic mass is 16.6. The molecule has 4 nitrogen and oxygen atoms in total. The molecule has 11 atom stereocenters. The molecular weight excluding hydrogens is 424 g/mol. The molecule has 2 aliphatic heterocycles. The second-order valence-corrected chi connectivity index (χ2v) is 15.1. The smallest absolute Gasteiger partial charge is 0.312 e. The minimum Gasteiger partial charge on any atom is -0.459 e. The number of aliphatic hydroxyl groups excluding tert-OH is 2. The van der Waals surface area contributed by atoms with Crippen LogP contribution in [0.25, 0.3) is 0 Å². The van der Waals surface area contributed by atoms with Gasteiger partial charge in [0, 0.05) is 12.0 Å². The van der Waals surface area contributed by atoms with Crippen molar-refractivity contribution in [1.82, 2.24) is 0 Å². The number of hydrogen-bond acceptors (Lipinski definition) is 4. The molecule has 0 radical (unpaired) electrons. The molecule has 0 aromatic carbocycles. The predicted molar refractivity (Wildman–Crippen MR) is 132 cm³/mol. The molecule has 0 amide bonds. The molecule has 2 unspecified atom stereocenters. The normalized spacial score (nSPS) is 59.8. The van der Waals surface area contributed by atoms with Crippen LogP contribution < -0.4 is 0 Å². The lowest BCUT2D eigenvalue weighted by molar-refractivity contribution is -0.298. The quantitative estimate of drug-likeness (QED) is 0.478. The molecule has 4 heteroatoms. The molecule has 0 aromatic heterocycles. The molecular formula is C30H48O4. The van der Waals surface area contributed by atoms with E-state index in [1.807, 2.05) is 0 Å². The Hall–Kier alpha value is -0.610. The molecule has 1 spiro atoms. The molecule has 2 saturated heterocycles. The number of carbonyl (C=O) groups is 1. The molecule has 7 rings (SSSR count). The van der Waals surface area contributed by atoms with Crippen LogP contribution in [0.15, 0.2) is 0 Å². The van der Waals surface area contributed by atoms with Crippen LogP contribution in [0.3, 0.4) is 0 Å². The van der Waals surface area contributed by atoms with Crippen molar-refractivity contribution in [2.24, 2.45) is 56.7 Å². The minimum absolute atomic E-state index is 0.0520. The fourth-order valence-electron chi connectivity index (χ4n) is 12.2. The van der Waals surface area contributed by atoms with Crippen molar-refractivity contribution in [1.29, 1.82) is 0 Å². The van der Waals surface area contributed by atoms with Crippen LogP contribution in [-0.2, 0) is 9.53 Å². The molecule has 5 saturated carbocycles. The van der Waals surface area contributed by atoms with Crippen LogP contribution in [0.5, 0.6) is 0 Å². The number of ether oxygens (including phenoxy) is 1. The third kappa shape index (κ3) is 2.42. The van der Waals surface area contributed by atoms with Crippen LogP contribution in [0.4, 0.5) is 0 Å². The van der Waals surface area contributed by atoms with Crippen molar-refractivity contribution in [2.75, 3.05) is 6.61 Å². The summed E-state index contributed by atoms with van der Waals surface area (Å²) in [6.07, 6.45) is 10.2. The first kappa shape index (κ1) is 23.8. The highest BCUT2D eigenvalue weighted by molar-refractivity contribution is 5.80. The van der Waals surface area contributed by atoms with Gasteiger partial charge < -0.3 is 14.9 Å². The van der Waals surface area contributed by atoms with Gasteiger partial charge in [0.05, 0.1) is 11.5 Å². The van der Waals surface area contributed by atoms with E-state index in [0.717, 1.165) is 57.8 Å². The molecule has 5 aliphatic carbocycles. The van der Waals surface area contributed by atoms with Crippen LogP contribution in [0.1, 0.15) is 106 Å². The third-order valence-electron chi connectivity index (χ3n) is 14.3. The molecule has 0 aromatic rings. The van der Waals surface area contributed by atoms with Crippen molar-refractivity contribution in [2.45, 2.75) is 117 Å². The van der Waals surface area contributed by atoms with E-state index >= 15 is 0 Å². The van der Waals surface area contributed by atoms with Crippen LogP contribution in [0, 0.1) is 56.7 Å². The topological polar surface area (TPSA) is 66.8 Å². The lowest BCUT2D eigenvalue weighted by Gasteiger charge is -2.75. The Bertz CT molecular complexity index is 898. The van der Waals surface area contributed by atoms with Crippen molar-refractivity contribution < 1.29 is 19.7 Å². The monoisotopic (exact) mass is 472 g/mol. The first-order valence-electron chi connectivity index (χ1n) is 14.3. The van der Waals surface area contributed by atoms with E-state index in [4.69, 9.17) is 4.74 Å². The number of carbonyl (C=O) groups excluding carboxylic acids is 1. The van der Waals surface area contributed by atoms with E-state index in [0.29, 0.717) is 29.6 Å². The summed E-state index contributed by atoms with van der Waals surface area (Å²) in [5, 5.41) is 22.2. The molecule has 7 aliphatic rings. The first-order valence-corrected chi connectivity index (χ1v) is 14.3. The van der Waals surface area contributed by atoms with Crippen molar-refractivity contribution in [3.8, 4) is 0 Å². The molecule has 2 N–H and O–H groups in total. The summed E-state index contributed by atoms with van der Waals surface area (Å²) in [6.45, 7) is 14.4. The first-order chi connectivity index (χ1) is 15.8. The zero-order valence-electron chi connectivity index (χ0n) is 22.5. The molecule has 34 heavy (non-hydrogen) atoms. The molecule has 7 fully saturated rings. The van der Waals surface area contributed by atoms with Crippen molar-refractivity contribution in [3.63, 3.8) is 0 Å². The number of hydrogen-bond donors (Lipinski definition) is 2. The van der Waals surface area contributed by atoms with Gasteiger partial charge in [0.2, 0.25) is 0 Å². The van der Waals surface area contributed by atoms with Gasteiger partial charge in [-0.1, -0.05) is 34.6 Å². The van der Waals surface area contributed by atoms with Crippen LogP contribution in [0.2, 0.25) is 0 Å². The van der Waals surface area contributed by atoms with Gasteiger partial charge in [-0.05, 0) is 117 Å². The highest BCUT2D eigenvalue weighted by Gasteiger charge is 2.75. The van der Waals surface area contributed by atoms with Gasteiger partial charge in [-0.25, -0.2) is 0 Å². The van der Waals surface area contributed by atoms with E-state index in [1.165, 1.54) is 6.42 Å². The summed E-state index contributed by atoms with van der Waals surface area (Å²) in [6, 6.07) is 0. The second kappa shape index (κ2) is 6.82. The highest BCUT2D eigenvalue weighted by Crippen LogP contribution is 2.78. The molecule has 2 heterocycles. The SMILES string of the molecule is C[C@H]1C2[C@H]3CC[C@@H]4[C@@]5(C)CC[C@@H](O)C(C)(C)C5CC[C@@]4(C)[C@]3(CO)CC[C@@]23CC[C@]1(C)OC3=O. The maximum atomic E-state index is 13.4. The average Bonchev–Trinajstić information content (AvgIpc) is 2.78. The number of rotatable bonds is 1. The summed E-state index contributed by atoms with van der Waals surface area (Å²) >= 11 is 0. The Labute approximate surface area is 206 Å². The zero-order valence-corrected chi connectivity index (χ0v) is 22.5. The van der Waals surface area contributed by atoms with Crippen LogP contribution >= 0.6 is 0 Å². The van der Waals surface area contributed by atoms with Gasteiger partial charge in [-0.3, -0.25) is 4.79 Å². The van der Waals surface area contributed by atoms with E-state index < -0.39 is 0 Å². The number of fused-ring (bicyclic) bond motifs is 7. The maximum absolute atomic E-state index is 13.4. The lowest BCUT2D eigenvalue weighted by Crippen LogP contribution is -2.73. The van der Waals surface area contributed by atoms with E-state index in [1.54, 1.807) is 0 Å². The lowest BCUT2D eigenvalue weighted by atomic mass is 9.30.